The predicted molar refractivity (Wildman–Crippen MR) is 143 cm³/mol. The Bertz CT molecular complexity index is 1140. The molecule has 0 aliphatic carbocycles. The molecule has 0 saturated heterocycles. The normalized spacial score (nSPS) is 12.2. The molecule has 0 aliphatic heterocycles. The van der Waals surface area contributed by atoms with E-state index in [1.165, 1.54) is 4.90 Å². The first kappa shape index (κ1) is 28.3. The van der Waals surface area contributed by atoms with E-state index in [1.807, 2.05) is 75.4 Å². The van der Waals surface area contributed by atoms with Gasteiger partial charge in [-0.2, -0.15) is 0 Å². The number of benzene rings is 3. The highest BCUT2D eigenvalue weighted by molar-refractivity contribution is 7.97. The van der Waals surface area contributed by atoms with E-state index in [0.717, 1.165) is 15.4 Å². The molecule has 1 unspecified atom stereocenters. The van der Waals surface area contributed by atoms with Crippen LogP contribution in [0.15, 0.2) is 93.5 Å². The third kappa shape index (κ3) is 9.26. The van der Waals surface area contributed by atoms with E-state index in [4.69, 9.17) is 18.9 Å². The topological polar surface area (TPSA) is 71.1 Å². The summed E-state index contributed by atoms with van der Waals surface area (Å²) in [6, 6.07) is 26.4. The number of hydrogen-bond donors (Lipinski definition) is 0. The second kappa shape index (κ2) is 13.3. The first-order valence-corrected chi connectivity index (χ1v) is 13.4. The van der Waals surface area contributed by atoms with Crippen LogP contribution in [0, 0.1) is 5.92 Å². The summed E-state index contributed by atoms with van der Waals surface area (Å²) >= 11 is 0. The second-order valence-corrected chi connectivity index (χ2v) is 11.7. The van der Waals surface area contributed by atoms with Crippen LogP contribution in [0.25, 0.3) is 0 Å². The molecule has 0 saturated carbocycles. The molecule has 0 fully saturated rings. The number of ether oxygens (including phenoxy) is 4. The smallest absolute Gasteiger partial charge is 0.344 e. The van der Waals surface area contributed by atoms with Crippen LogP contribution >= 0.6 is 0 Å². The Hall–Kier alpha value is -3.29. The molecule has 1 atom stereocenters. The first-order valence-electron chi connectivity index (χ1n) is 12.2. The minimum absolute atomic E-state index is 0.0600. The van der Waals surface area contributed by atoms with Gasteiger partial charge in [0, 0.05) is 0 Å². The third-order valence-electron chi connectivity index (χ3n) is 5.00. The second-order valence-electron chi connectivity index (χ2n) is 9.69. The molecule has 0 aliphatic rings. The largest absolute Gasteiger partial charge is 0.482 e. The summed E-state index contributed by atoms with van der Waals surface area (Å²) in [5.74, 6) is -0.243. The van der Waals surface area contributed by atoms with Gasteiger partial charge in [-0.3, -0.25) is 4.79 Å². The highest BCUT2D eigenvalue weighted by Crippen LogP contribution is 2.32. The summed E-state index contributed by atoms with van der Waals surface area (Å²) in [6.45, 7) is 9.22. The summed E-state index contributed by atoms with van der Waals surface area (Å²) in [4.78, 5) is 27.0. The Morgan fingerprint density at radius 3 is 1.95 bits per heavy atom. The molecule has 3 aromatic rings. The van der Waals surface area contributed by atoms with Gasteiger partial charge in [0.15, 0.2) is 28.1 Å². The van der Waals surface area contributed by atoms with Crippen molar-refractivity contribution in [3.63, 3.8) is 0 Å². The molecular formula is C30H35O6S+. The zero-order valence-electron chi connectivity index (χ0n) is 22.1. The van der Waals surface area contributed by atoms with Crippen molar-refractivity contribution in [2.75, 3.05) is 13.4 Å². The van der Waals surface area contributed by atoms with Crippen molar-refractivity contribution in [3.8, 4) is 5.75 Å². The van der Waals surface area contributed by atoms with Crippen LogP contribution < -0.4 is 4.74 Å². The fraction of sp³-hybridized carbons (Fsp3) is 0.333. The molecule has 37 heavy (non-hydrogen) atoms. The monoisotopic (exact) mass is 523 g/mol. The predicted octanol–water partition coefficient (Wildman–Crippen LogP) is 6.18. The number of rotatable bonds is 11. The van der Waals surface area contributed by atoms with Gasteiger partial charge in [0.2, 0.25) is 0 Å². The van der Waals surface area contributed by atoms with Crippen molar-refractivity contribution >= 4 is 22.8 Å². The molecule has 0 N–H and O–H groups in total. The lowest BCUT2D eigenvalue weighted by Gasteiger charge is -2.19. The number of esters is 2. The van der Waals surface area contributed by atoms with Crippen LogP contribution in [0.3, 0.4) is 0 Å². The molecule has 6 nitrogen and oxygen atoms in total. The summed E-state index contributed by atoms with van der Waals surface area (Å²) in [7, 11) is -0.333. The molecule has 0 radical (unpaired) electrons. The fourth-order valence-corrected chi connectivity index (χ4v) is 5.36. The Balaban J connectivity index is 1.69. The van der Waals surface area contributed by atoms with Gasteiger partial charge >= 0.3 is 11.9 Å². The van der Waals surface area contributed by atoms with E-state index in [-0.39, 0.29) is 36.2 Å². The van der Waals surface area contributed by atoms with Crippen molar-refractivity contribution in [3.05, 3.63) is 84.4 Å². The van der Waals surface area contributed by atoms with Gasteiger partial charge in [-0.1, -0.05) is 44.2 Å². The number of hydrogen-bond acceptors (Lipinski definition) is 6. The van der Waals surface area contributed by atoms with E-state index in [1.54, 1.807) is 13.8 Å². The molecule has 3 rings (SSSR count). The molecule has 0 bridgehead atoms. The summed E-state index contributed by atoms with van der Waals surface area (Å²) in [5, 5.41) is 0. The SMILES string of the molecule is CC(C)C(=O)OCOCc1ccc([S+](c2ccccc2)c2ccc(OCC(=O)OC(C)(C)C)cc2)cc1. The van der Waals surface area contributed by atoms with Crippen molar-refractivity contribution in [2.24, 2.45) is 5.92 Å². The van der Waals surface area contributed by atoms with Gasteiger partial charge in [-0.05, 0) is 74.9 Å². The van der Waals surface area contributed by atoms with E-state index in [0.29, 0.717) is 12.4 Å². The average molecular weight is 524 g/mol. The summed E-state index contributed by atoms with van der Waals surface area (Å²) < 4.78 is 21.5. The standard InChI is InChI=1S/C30H35O6S/c1-22(2)29(32)35-21-33-19-23-11-15-26(16-12-23)37(25-9-7-6-8-10-25)27-17-13-24(14-18-27)34-20-28(31)36-30(3,4)5/h6-18,22H,19-21H2,1-5H3/q+1. The maximum absolute atomic E-state index is 12.0. The molecule has 3 aromatic carbocycles. The highest BCUT2D eigenvalue weighted by atomic mass is 32.2. The van der Waals surface area contributed by atoms with Gasteiger partial charge in [-0.25, -0.2) is 4.79 Å². The van der Waals surface area contributed by atoms with Gasteiger partial charge in [-0.15, -0.1) is 0 Å². The van der Waals surface area contributed by atoms with Crippen LogP contribution in [0.5, 0.6) is 5.75 Å². The van der Waals surface area contributed by atoms with Crippen molar-refractivity contribution in [2.45, 2.75) is 61.5 Å². The first-order chi connectivity index (χ1) is 17.6. The average Bonchev–Trinajstić information content (AvgIpc) is 2.86. The lowest BCUT2D eigenvalue weighted by molar-refractivity contribution is -0.161. The molecule has 196 valence electrons. The number of carbonyl (C=O) groups excluding carboxylic acids is 2. The van der Waals surface area contributed by atoms with Crippen LogP contribution in [-0.2, 0) is 41.3 Å². The minimum Gasteiger partial charge on any atom is -0.482 e. The maximum Gasteiger partial charge on any atom is 0.344 e. The lowest BCUT2D eigenvalue weighted by Crippen LogP contribution is -2.27. The van der Waals surface area contributed by atoms with Crippen LogP contribution in [0.1, 0.15) is 40.2 Å². The molecule has 0 amide bonds. The van der Waals surface area contributed by atoms with Gasteiger partial charge in [0.1, 0.15) is 11.4 Å². The lowest BCUT2D eigenvalue weighted by atomic mass is 10.2. The molecular weight excluding hydrogens is 488 g/mol. The summed E-state index contributed by atoms with van der Waals surface area (Å²) in [6.07, 6.45) is 0. The quantitative estimate of drug-likeness (QED) is 0.129. The van der Waals surface area contributed by atoms with E-state index in [2.05, 4.69) is 24.3 Å². The zero-order valence-corrected chi connectivity index (χ0v) is 22.9. The maximum atomic E-state index is 12.0. The van der Waals surface area contributed by atoms with E-state index in [9.17, 15) is 9.59 Å². The van der Waals surface area contributed by atoms with E-state index < -0.39 is 11.6 Å². The van der Waals surface area contributed by atoms with Gasteiger partial charge < -0.3 is 18.9 Å². The Morgan fingerprint density at radius 1 is 0.811 bits per heavy atom. The van der Waals surface area contributed by atoms with Crippen molar-refractivity contribution in [1.29, 1.82) is 0 Å². The van der Waals surface area contributed by atoms with Gasteiger partial charge in [0.25, 0.3) is 0 Å². The Morgan fingerprint density at radius 2 is 1.38 bits per heavy atom. The third-order valence-corrected chi connectivity index (χ3v) is 7.23. The Kier molecular flexibility index (Phi) is 10.2. The van der Waals surface area contributed by atoms with Crippen LogP contribution in [0.4, 0.5) is 0 Å². The van der Waals surface area contributed by atoms with Crippen molar-refractivity contribution < 1.29 is 28.5 Å². The highest BCUT2D eigenvalue weighted by Gasteiger charge is 2.28. The summed E-state index contributed by atoms with van der Waals surface area (Å²) in [5.41, 5.74) is 0.447. The Labute approximate surface area is 222 Å². The molecule has 0 aromatic heterocycles. The fourth-order valence-electron chi connectivity index (χ4n) is 3.30. The van der Waals surface area contributed by atoms with Crippen LogP contribution in [0.2, 0.25) is 0 Å². The minimum atomic E-state index is -0.545. The molecule has 7 heteroatoms. The van der Waals surface area contributed by atoms with Gasteiger partial charge in [0.05, 0.1) is 23.4 Å². The molecule has 0 heterocycles. The van der Waals surface area contributed by atoms with E-state index >= 15 is 0 Å². The molecule has 0 spiro atoms. The zero-order chi connectivity index (χ0) is 26.8. The van der Waals surface area contributed by atoms with Crippen molar-refractivity contribution in [1.82, 2.24) is 0 Å². The number of carbonyl (C=O) groups is 2. The van der Waals surface area contributed by atoms with Crippen LogP contribution in [-0.4, -0.2) is 30.9 Å².